The van der Waals surface area contributed by atoms with Crippen LogP contribution in [0.25, 0.3) is 11.3 Å². The second-order valence-electron chi connectivity index (χ2n) is 7.63. The Hall–Kier alpha value is -2.41. The van der Waals surface area contributed by atoms with Crippen molar-refractivity contribution >= 4 is 28.5 Å². The normalized spacial score (nSPS) is 15.4. The number of thiazole rings is 1. The molecular weight excluding hydrogens is 362 g/mol. The highest BCUT2D eigenvalue weighted by Gasteiger charge is 2.30. The molecule has 0 atom stereocenters. The molecule has 1 fully saturated rings. The highest BCUT2D eigenvalue weighted by molar-refractivity contribution is 7.14. The van der Waals surface area contributed by atoms with Gasteiger partial charge in [-0.05, 0) is 33.6 Å². The van der Waals surface area contributed by atoms with Crippen molar-refractivity contribution in [1.29, 1.82) is 0 Å². The van der Waals surface area contributed by atoms with Gasteiger partial charge in [0.05, 0.1) is 5.69 Å². The van der Waals surface area contributed by atoms with Crippen molar-refractivity contribution in [1.82, 2.24) is 9.88 Å². The van der Waals surface area contributed by atoms with Gasteiger partial charge in [0.15, 0.2) is 5.13 Å². The second kappa shape index (κ2) is 8.08. The lowest BCUT2D eigenvalue weighted by Gasteiger charge is -2.32. The largest absolute Gasteiger partial charge is 0.444 e. The number of aromatic nitrogens is 1. The van der Waals surface area contributed by atoms with E-state index in [1.54, 1.807) is 4.90 Å². The molecule has 0 radical (unpaired) electrons. The second-order valence-corrected chi connectivity index (χ2v) is 8.49. The third-order valence-corrected chi connectivity index (χ3v) is 5.08. The molecule has 1 aromatic heterocycles. The molecule has 1 aromatic carbocycles. The zero-order valence-corrected chi connectivity index (χ0v) is 16.7. The highest BCUT2D eigenvalue weighted by Crippen LogP contribution is 2.26. The number of benzene rings is 1. The average Bonchev–Trinajstić information content (AvgIpc) is 3.09. The number of nitrogens with one attached hydrogen (secondary N) is 1. The molecule has 1 aliphatic rings. The van der Waals surface area contributed by atoms with Crippen LogP contribution >= 0.6 is 11.3 Å². The Kier molecular flexibility index (Phi) is 5.79. The Balaban J connectivity index is 1.52. The van der Waals surface area contributed by atoms with E-state index in [1.807, 2.05) is 56.5 Å². The Bertz CT molecular complexity index is 790. The van der Waals surface area contributed by atoms with Crippen molar-refractivity contribution in [2.45, 2.75) is 39.2 Å². The first-order valence-electron chi connectivity index (χ1n) is 9.11. The molecule has 0 spiro atoms. The molecule has 0 aliphatic carbocycles. The molecule has 3 rings (SSSR count). The maximum Gasteiger partial charge on any atom is 0.410 e. The first-order valence-corrected chi connectivity index (χ1v) is 9.99. The van der Waals surface area contributed by atoms with Gasteiger partial charge in [-0.2, -0.15) is 0 Å². The third kappa shape index (κ3) is 5.29. The van der Waals surface area contributed by atoms with Crippen LogP contribution in [-0.4, -0.2) is 40.6 Å². The number of carbonyl (C=O) groups excluding carboxylic acids is 2. The van der Waals surface area contributed by atoms with Gasteiger partial charge in [0.2, 0.25) is 5.91 Å². The highest BCUT2D eigenvalue weighted by atomic mass is 32.1. The number of hydrogen-bond donors (Lipinski definition) is 1. The average molecular weight is 388 g/mol. The van der Waals surface area contributed by atoms with E-state index in [9.17, 15) is 9.59 Å². The van der Waals surface area contributed by atoms with Crippen LogP contribution in [0, 0.1) is 5.92 Å². The molecule has 1 saturated heterocycles. The molecule has 0 unspecified atom stereocenters. The monoisotopic (exact) mass is 387 g/mol. The topological polar surface area (TPSA) is 71.5 Å². The minimum atomic E-state index is -0.507. The lowest BCUT2D eigenvalue weighted by Crippen LogP contribution is -2.43. The van der Waals surface area contributed by atoms with E-state index in [4.69, 9.17) is 4.74 Å². The van der Waals surface area contributed by atoms with Gasteiger partial charge in [-0.1, -0.05) is 30.3 Å². The number of carbonyl (C=O) groups is 2. The summed E-state index contributed by atoms with van der Waals surface area (Å²) < 4.78 is 5.39. The predicted molar refractivity (Wildman–Crippen MR) is 107 cm³/mol. The van der Waals surface area contributed by atoms with Crippen LogP contribution < -0.4 is 5.32 Å². The summed E-state index contributed by atoms with van der Waals surface area (Å²) in [4.78, 5) is 30.8. The first kappa shape index (κ1) is 19.4. The minimum absolute atomic E-state index is 0.0344. The number of piperidine rings is 1. The standard InChI is InChI=1S/C20H25N3O3S/c1-20(2,3)26-19(25)23-11-9-15(10-12-23)17(24)22-18-21-16(13-27-18)14-7-5-4-6-8-14/h4-8,13,15H,9-12H2,1-3H3,(H,21,22,24). The van der Waals surface area contributed by atoms with Gasteiger partial charge in [-0.25, -0.2) is 9.78 Å². The molecule has 1 N–H and O–H groups in total. The Labute approximate surface area is 163 Å². The van der Waals surface area contributed by atoms with Gasteiger partial charge >= 0.3 is 6.09 Å². The molecule has 1 aliphatic heterocycles. The van der Waals surface area contributed by atoms with Crippen LogP contribution in [0.2, 0.25) is 0 Å². The van der Waals surface area contributed by atoms with Crippen LogP contribution in [0.3, 0.4) is 0 Å². The van der Waals surface area contributed by atoms with Crippen molar-refractivity contribution in [2.75, 3.05) is 18.4 Å². The van der Waals surface area contributed by atoms with E-state index < -0.39 is 5.60 Å². The van der Waals surface area contributed by atoms with Gasteiger partial charge in [0, 0.05) is 30.0 Å². The zero-order chi connectivity index (χ0) is 19.4. The van der Waals surface area contributed by atoms with Crippen molar-refractivity contribution in [3.63, 3.8) is 0 Å². The molecule has 144 valence electrons. The van der Waals surface area contributed by atoms with Gasteiger partial charge in [0.1, 0.15) is 5.60 Å². The summed E-state index contributed by atoms with van der Waals surface area (Å²) in [5.74, 6) is -0.152. The Morgan fingerprint density at radius 1 is 1.19 bits per heavy atom. The van der Waals surface area contributed by atoms with Gasteiger partial charge in [0.25, 0.3) is 0 Å². The van der Waals surface area contributed by atoms with Crippen molar-refractivity contribution in [3.05, 3.63) is 35.7 Å². The fourth-order valence-electron chi connectivity index (χ4n) is 2.93. The summed E-state index contributed by atoms with van der Waals surface area (Å²) in [6, 6.07) is 9.87. The van der Waals surface area contributed by atoms with Crippen molar-refractivity contribution in [2.24, 2.45) is 5.92 Å². The fraction of sp³-hybridized carbons (Fsp3) is 0.450. The molecule has 0 bridgehead atoms. The number of anilines is 1. The predicted octanol–water partition coefficient (Wildman–Crippen LogP) is 4.40. The third-order valence-electron chi connectivity index (χ3n) is 4.32. The van der Waals surface area contributed by atoms with Crippen molar-refractivity contribution in [3.8, 4) is 11.3 Å². The zero-order valence-electron chi connectivity index (χ0n) is 15.9. The fourth-order valence-corrected chi connectivity index (χ4v) is 3.65. The van der Waals surface area contributed by atoms with Crippen LogP contribution in [0.4, 0.5) is 9.93 Å². The SMILES string of the molecule is CC(C)(C)OC(=O)N1CCC(C(=O)Nc2nc(-c3ccccc3)cs2)CC1. The van der Waals surface area contributed by atoms with E-state index in [-0.39, 0.29) is 17.9 Å². The number of hydrogen-bond acceptors (Lipinski definition) is 5. The van der Waals surface area contributed by atoms with Gasteiger partial charge in [-0.3, -0.25) is 4.79 Å². The molecule has 2 aromatic rings. The van der Waals surface area contributed by atoms with E-state index in [0.717, 1.165) is 11.3 Å². The summed E-state index contributed by atoms with van der Waals surface area (Å²) in [6.45, 7) is 6.61. The van der Waals surface area contributed by atoms with Crippen molar-refractivity contribution < 1.29 is 14.3 Å². The summed E-state index contributed by atoms with van der Waals surface area (Å²) in [5.41, 5.74) is 1.38. The minimum Gasteiger partial charge on any atom is -0.444 e. The molecule has 6 nitrogen and oxygen atoms in total. The van der Waals surface area contributed by atoms with E-state index >= 15 is 0 Å². The lowest BCUT2D eigenvalue weighted by atomic mass is 9.96. The Morgan fingerprint density at radius 2 is 1.85 bits per heavy atom. The van der Waals surface area contributed by atoms with Crippen LogP contribution in [0.5, 0.6) is 0 Å². The molecule has 2 amide bonds. The lowest BCUT2D eigenvalue weighted by molar-refractivity contribution is -0.121. The first-order chi connectivity index (χ1) is 12.8. The summed E-state index contributed by atoms with van der Waals surface area (Å²) in [6.07, 6.45) is 0.943. The number of nitrogens with zero attached hydrogens (tertiary/aromatic N) is 2. The molecule has 7 heteroatoms. The number of rotatable bonds is 3. The molecular formula is C20H25N3O3S. The quantitative estimate of drug-likeness (QED) is 0.847. The smallest absolute Gasteiger partial charge is 0.410 e. The van der Waals surface area contributed by atoms with E-state index in [2.05, 4.69) is 10.3 Å². The van der Waals surface area contributed by atoms with Gasteiger partial charge in [-0.15, -0.1) is 11.3 Å². The van der Waals surface area contributed by atoms with Crippen LogP contribution in [-0.2, 0) is 9.53 Å². The summed E-state index contributed by atoms with van der Waals surface area (Å²) in [5, 5.41) is 5.46. The molecule has 2 heterocycles. The van der Waals surface area contributed by atoms with E-state index in [0.29, 0.717) is 31.1 Å². The maximum atomic E-state index is 12.5. The molecule has 27 heavy (non-hydrogen) atoms. The Morgan fingerprint density at radius 3 is 2.48 bits per heavy atom. The number of amides is 2. The maximum absolute atomic E-state index is 12.5. The number of ether oxygens (including phenoxy) is 1. The van der Waals surface area contributed by atoms with Gasteiger partial charge < -0.3 is 15.0 Å². The van der Waals surface area contributed by atoms with Crippen LogP contribution in [0.15, 0.2) is 35.7 Å². The number of likely N-dealkylation sites (tertiary alicyclic amines) is 1. The molecule has 0 saturated carbocycles. The van der Waals surface area contributed by atoms with E-state index in [1.165, 1.54) is 11.3 Å². The van der Waals surface area contributed by atoms with Crippen LogP contribution in [0.1, 0.15) is 33.6 Å². The summed E-state index contributed by atoms with van der Waals surface area (Å²) >= 11 is 1.42. The summed E-state index contributed by atoms with van der Waals surface area (Å²) in [7, 11) is 0.